The first-order valence-corrected chi connectivity index (χ1v) is 12.9. The summed E-state index contributed by atoms with van der Waals surface area (Å²) in [6.07, 6.45) is 6.18. The zero-order valence-corrected chi connectivity index (χ0v) is 20.8. The van der Waals surface area contributed by atoms with Gasteiger partial charge in [-0.3, -0.25) is 4.79 Å². The number of anilines is 1. The number of nitrogens with zero attached hydrogens (tertiary/aromatic N) is 3. The van der Waals surface area contributed by atoms with Crippen LogP contribution in [0.15, 0.2) is 96.1 Å². The summed E-state index contributed by atoms with van der Waals surface area (Å²) >= 11 is 6.27. The minimum Gasteiger partial charge on any atom is -0.353 e. The van der Waals surface area contributed by atoms with Gasteiger partial charge in [0.05, 0.1) is 6.04 Å². The van der Waals surface area contributed by atoms with Gasteiger partial charge in [0.25, 0.3) is 0 Å². The standard InChI is InChI=1S/C32H24ClN3O/c33-25-15-12-22(13-16-25)29-30(28(21-10-11-21)24(18-34)19-35)27-17-14-20-6-4-5-9-26(20)36(27)31(29)32(37)23-7-2-1-3-8-23/h1-9,12-17,21,27,29-31H,10-11H2/t27-,29+,30-,31-/m0/s1. The zero-order valence-electron chi connectivity index (χ0n) is 20.1. The van der Waals surface area contributed by atoms with E-state index in [0.717, 1.165) is 35.2 Å². The first kappa shape index (κ1) is 23.3. The lowest BCUT2D eigenvalue weighted by molar-refractivity contribution is 0.0952. The molecule has 0 bridgehead atoms. The fourth-order valence-corrected chi connectivity index (χ4v) is 6.36. The number of rotatable bonds is 5. The minimum absolute atomic E-state index is 0.0313. The van der Waals surface area contributed by atoms with Crippen molar-refractivity contribution < 1.29 is 4.79 Å². The smallest absolute Gasteiger partial charge is 0.185 e. The van der Waals surface area contributed by atoms with Gasteiger partial charge < -0.3 is 4.90 Å². The largest absolute Gasteiger partial charge is 0.353 e. The molecule has 180 valence electrons. The van der Waals surface area contributed by atoms with Crippen molar-refractivity contribution in [3.05, 3.63) is 118 Å². The molecule has 1 saturated carbocycles. The molecule has 5 heteroatoms. The first-order chi connectivity index (χ1) is 18.1. The number of nitriles is 2. The summed E-state index contributed by atoms with van der Waals surface area (Å²) in [6, 6.07) is 28.9. The van der Waals surface area contributed by atoms with E-state index >= 15 is 0 Å². The molecule has 4 atom stereocenters. The van der Waals surface area contributed by atoms with E-state index in [4.69, 9.17) is 11.6 Å². The number of hydrogen-bond acceptors (Lipinski definition) is 4. The molecule has 2 heterocycles. The number of benzene rings is 3. The van der Waals surface area contributed by atoms with Gasteiger partial charge in [-0.1, -0.05) is 84.4 Å². The third-order valence-electron chi connectivity index (χ3n) is 7.87. The van der Waals surface area contributed by atoms with Gasteiger partial charge >= 0.3 is 0 Å². The van der Waals surface area contributed by atoms with Crippen LogP contribution >= 0.6 is 11.6 Å². The van der Waals surface area contributed by atoms with Crippen LogP contribution in [0.4, 0.5) is 5.69 Å². The second-order valence-corrected chi connectivity index (χ2v) is 10.4. The van der Waals surface area contributed by atoms with Gasteiger partial charge in [-0.2, -0.15) is 10.5 Å². The molecule has 1 saturated heterocycles. The Morgan fingerprint density at radius 2 is 1.57 bits per heavy atom. The molecular formula is C32H24ClN3O. The summed E-state index contributed by atoms with van der Waals surface area (Å²) in [4.78, 5) is 16.6. The van der Waals surface area contributed by atoms with Gasteiger partial charge in [-0.15, -0.1) is 0 Å². The van der Waals surface area contributed by atoms with Crippen LogP contribution < -0.4 is 4.90 Å². The van der Waals surface area contributed by atoms with Crippen LogP contribution in [0, 0.1) is 34.5 Å². The van der Waals surface area contributed by atoms with Crippen LogP contribution in [-0.4, -0.2) is 17.9 Å². The Kier molecular flexibility index (Phi) is 5.91. The molecule has 0 spiro atoms. The SMILES string of the molecule is N#CC(C#N)=C(C1CC1)[C@H]1[C@@H](c2ccc(Cl)cc2)[C@@H](C(=O)c2ccccc2)N2c3ccccc3C=C[C@@H]12. The summed E-state index contributed by atoms with van der Waals surface area (Å²) in [7, 11) is 0. The van der Waals surface area contributed by atoms with E-state index in [9.17, 15) is 15.3 Å². The lowest BCUT2D eigenvalue weighted by Crippen LogP contribution is -2.43. The molecule has 0 unspecified atom stereocenters. The lowest BCUT2D eigenvalue weighted by atomic mass is 9.73. The summed E-state index contributed by atoms with van der Waals surface area (Å²) < 4.78 is 0. The minimum atomic E-state index is -0.517. The van der Waals surface area contributed by atoms with Crippen LogP contribution in [0.25, 0.3) is 6.08 Å². The number of carbonyl (C=O) groups excluding carboxylic acids is 1. The van der Waals surface area contributed by atoms with Crippen molar-refractivity contribution in [2.45, 2.75) is 30.8 Å². The quantitative estimate of drug-likeness (QED) is 0.280. The van der Waals surface area contributed by atoms with Crippen molar-refractivity contribution in [3.8, 4) is 12.1 Å². The predicted octanol–water partition coefficient (Wildman–Crippen LogP) is 6.96. The molecule has 0 N–H and O–H groups in total. The van der Waals surface area contributed by atoms with E-state index < -0.39 is 6.04 Å². The number of Topliss-reactive ketones (excluding diaryl/α,β-unsaturated/α-hetero) is 1. The van der Waals surface area contributed by atoms with Crippen molar-refractivity contribution in [1.82, 2.24) is 0 Å². The molecule has 2 fully saturated rings. The van der Waals surface area contributed by atoms with Gasteiger partial charge in [0.1, 0.15) is 23.8 Å². The van der Waals surface area contributed by atoms with E-state index in [0.29, 0.717) is 10.6 Å². The van der Waals surface area contributed by atoms with Crippen LogP contribution in [0.3, 0.4) is 0 Å². The Balaban J connectivity index is 1.63. The van der Waals surface area contributed by atoms with Crippen molar-refractivity contribution in [3.63, 3.8) is 0 Å². The van der Waals surface area contributed by atoms with Crippen LogP contribution in [0.5, 0.6) is 0 Å². The average Bonchev–Trinajstić information content (AvgIpc) is 3.73. The predicted molar refractivity (Wildman–Crippen MR) is 145 cm³/mol. The Labute approximate surface area is 221 Å². The highest BCUT2D eigenvalue weighted by Gasteiger charge is 2.56. The summed E-state index contributed by atoms with van der Waals surface area (Å²) in [6.45, 7) is 0. The lowest BCUT2D eigenvalue weighted by Gasteiger charge is -2.36. The Morgan fingerprint density at radius 3 is 2.24 bits per heavy atom. The maximum absolute atomic E-state index is 14.4. The maximum atomic E-state index is 14.4. The number of para-hydroxylation sites is 1. The summed E-state index contributed by atoms with van der Waals surface area (Å²) in [5.74, 6) is -0.251. The fraction of sp³-hybridized carbons (Fsp3) is 0.219. The number of halogens is 1. The molecule has 2 aliphatic heterocycles. The molecule has 1 aliphatic carbocycles. The number of allylic oxidation sites excluding steroid dienone is 1. The number of carbonyl (C=O) groups is 1. The van der Waals surface area contributed by atoms with E-state index in [1.54, 1.807) is 0 Å². The molecular weight excluding hydrogens is 478 g/mol. The molecule has 4 nitrogen and oxygen atoms in total. The molecule has 0 amide bonds. The van der Waals surface area contributed by atoms with E-state index in [-0.39, 0.29) is 35.2 Å². The third-order valence-corrected chi connectivity index (χ3v) is 8.13. The normalized spacial score (nSPS) is 23.4. The first-order valence-electron chi connectivity index (χ1n) is 12.6. The Bertz CT molecular complexity index is 1490. The molecule has 3 aromatic rings. The van der Waals surface area contributed by atoms with Crippen molar-refractivity contribution in [1.29, 1.82) is 10.5 Å². The van der Waals surface area contributed by atoms with Crippen molar-refractivity contribution in [2.24, 2.45) is 11.8 Å². The zero-order chi connectivity index (χ0) is 25.5. The second kappa shape index (κ2) is 9.40. The number of hydrogen-bond donors (Lipinski definition) is 0. The third kappa shape index (κ3) is 3.95. The van der Waals surface area contributed by atoms with Gasteiger partial charge in [0, 0.05) is 28.1 Å². The van der Waals surface area contributed by atoms with Gasteiger partial charge in [0.15, 0.2) is 5.78 Å². The number of ketones is 1. The fourth-order valence-electron chi connectivity index (χ4n) is 6.24. The average molecular weight is 502 g/mol. The number of fused-ring (bicyclic) bond motifs is 3. The topological polar surface area (TPSA) is 67.9 Å². The highest BCUT2D eigenvalue weighted by atomic mass is 35.5. The van der Waals surface area contributed by atoms with Crippen LogP contribution in [0.1, 0.15) is 40.2 Å². The summed E-state index contributed by atoms with van der Waals surface area (Å²) in [5, 5.41) is 20.6. The molecule has 0 radical (unpaired) electrons. The van der Waals surface area contributed by atoms with Crippen molar-refractivity contribution >= 4 is 29.1 Å². The van der Waals surface area contributed by atoms with Gasteiger partial charge in [-0.05, 0) is 53.7 Å². The van der Waals surface area contributed by atoms with E-state index in [1.165, 1.54) is 0 Å². The van der Waals surface area contributed by atoms with E-state index in [2.05, 4.69) is 41.3 Å². The van der Waals surface area contributed by atoms with Crippen LogP contribution in [0.2, 0.25) is 5.02 Å². The van der Waals surface area contributed by atoms with Crippen LogP contribution in [-0.2, 0) is 0 Å². The molecule has 3 aromatic carbocycles. The Morgan fingerprint density at radius 1 is 0.892 bits per heavy atom. The monoisotopic (exact) mass is 501 g/mol. The maximum Gasteiger partial charge on any atom is 0.185 e. The van der Waals surface area contributed by atoms with Crippen molar-refractivity contribution in [2.75, 3.05) is 4.90 Å². The van der Waals surface area contributed by atoms with E-state index in [1.807, 2.05) is 66.7 Å². The molecule has 6 rings (SSSR count). The summed E-state index contributed by atoms with van der Waals surface area (Å²) in [5.41, 5.74) is 4.76. The molecule has 3 aliphatic rings. The highest BCUT2D eigenvalue weighted by Crippen LogP contribution is 2.56. The highest BCUT2D eigenvalue weighted by molar-refractivity contribution is 6.30. The second-order valence-electron chi connectivity index (χ2n) is 9.92. The molecule has 37 heavy (non-hydrogen) atoms. The van der Waals surface area contributed by atoms with Gasteiger partial charge in [0.2, 0.25) is 0 Å². The molecule has 0 aromatic heterocycles. The Hall–Kier alpha value is -4.12. The van der Waals surface area contributed by atoms with Gasteiger partial charge in [-0.25, -0.2) is 0 Å².